The number of rotatable bonds is 0. The van der Waals surface area contributed by atoms with Gasteiger partial charge in [0.25, 0.3) is 0 Å². The van der Waals surface area contributed by atoms with E-state index >= 15 is 0 Å². The Morgan fingerprint density at radius 3 is 2.83 bits per heavy atom. The van der Waals surface area contributed by atoms with Crippen LogP contribution in [0, 0.1) is 23.7 Å². The molecule has 0 aromatic rings. The molecule has 3 fully saturated rings. The van der Waals surface area contributed by atoms with Gasteiger partial charge >= 0.3 is 0 Å². The molecule has 1 heteroatoms. The highest BCUT2D eigenvalue weighted by molar-refractivity contribution is 5.82. The molecule has 0 aromatic carbocycles. The Morgan fingerprint density at radius 1 is 1.00 bits per heavy atom. The molecular formula is C11H16O. The van der Waals surface area contributed by atoms with Gasteiger partial charge in [0.15, 0.2) is 0 Å². The Morgan fingerprint density at radius 2 is 1.92 bits per heavy atom. The molecule has 3 rings (SSSR count). The van der Waals surface area contributed by atoms with Crippen molar-refractivity contribution < 1.29 is 4.79 Å². The van der Waals surface area contributed by atoms with Crippen LogP contribution < -0.4 is 0 Å². The van der Waals surface area contributed by atoms with E-state index in [1.807, 2.05) is 0 Å². The highest BCUT2D eigenvalue weighted by Gasteiger charge is 2.44. The van der Waals surface area contributed by atoms with Crippen LogP contribution in [0.4, 0.5) is 0 Å². The molecule has 3 aliphatic rings. The Hall–Kier alpha value is -0.330. The lowest BCUT2D eigenvalue weighted by Gasteiger charge is -2.47. The lowest BCUT2D eigenvalue weighted by molar-refractivity contribution is -0.133. The minimum Gasteiger partial charge on any atom is -0.299 e. The summed E-state index contributed by atoms with van der Waals surface area (Å²) < 4.78 is 0. The second-order valence-electron chi connectivity index (χ2n) is 5.04. The first kappa shape index (κ1) is 7.11. The molecule has 12 heavy (non-hydrogen) atoms. The predicted molar refractivity (Wildman–Crippen MR) is 46.7 cm³/mol. The fourth-order valence-electron chi connectivity index (χ4n) is 3.75. The van der Waals surface area contributed by atoms with E-state index in [1.54, 1.807) is 0 Å². The van der Waals surface area contributed by atoms with Gasteiger partial charge in [0.1, 0.15) is 5.78 Å². The van der Waals surface area contributed by atoms with Crippen molar-refractivity contribution in [3.8, 4) is 0 Å². The zero-order valence-corrected chi connectivity index (χ0v) is 7.46. The van der Waals surface area contributed by atoms with Gasteiger partial charge in [-0.05, 0) is 43.4 Å². The SMILES string of the molecule is O=C1CC2CC[C@@H]3C[C@H]1C[C@H]2C3. The first-order chi connectivity index (χ1) is 5.83. The van der Waals surface area contributed by atoms with Gasteiger partial charge in [-0.15, -0.1) is 0 Å². The lowest BCUT2D eigenvalue weighted by atomic mass is 9.57. The Balaban J connectivity index is 1.92. The summed E-state index contributed by atoms with van der Waals surface area (Å²) in [5.74, 6) is 3.76. The van der Waals surface area contributed by atoms with Crippen molar-refractivity contribution in [1.29, 1.82) is 0 Å². The molecule has 3 aliphatic carbocycles. The first-order valence-electron chi connectivity index (χ1n) is 5.35. The van der Waals surface area contributed by atoms with Crippen molar-refractivity contribution in [3.05, 3.63) is 0 Å². The van der Waals surface area contributed by atoms with Crippen molar-refractivity contribution in [2.75, 3.05) is 0 Å². The minimum absolute atomic E-state index is 0.491. The molecule has 3 saturated carbocycles. The van der Waals surface area contributed by atoms with Crippen molar-refractivity contribution in [2.24, 2.45) is 23.7 Å². The predicted octanol–water partition coefficient (Wildman–Crippen LogP) is 2.40. The summed E-state index contributed by atoms with van der Waals surface area (Å²) in [5, 5.41) is 0. The van der Waals surface area contributed by atoms with E-state index in [1.165, 1.54) is 32.1 Å². The maximum atomic E-state index is 11.6. The van der Waals surface area contributed by atoms with Crippen molar-refractivity contribution in [3.63, 3.8) is 0 Å². The molecule has 4 atom stereocenters. The minimum atomic E-state index is 0.491. The summed E-state index contributed by atoms with van der Waals surface area (Å²) in [4.78, 5) is 11.6. The summed E-state index contributed by atoms with van der Waals surface area (Å²) in [6.07, 6.45) is 7.65. The molecule has 66 valence electrons. The summed E-state index contributed by atoms with van der Waals surface area (Å²) in [6.45, 7) is 0. The average Bonchev–Trinajstić information content (AvgIpc) is 2.07. The zero-order chi connectivity index (χ0) is 8.13. The number of ketones is 1. The van der Waals surface area contributed by atoms with Crippen LogP contribution in [-0.2, 0) is 4.79 Å². The standard InChI is InChI=1S/C11H16O/c12-11-6-8-2-1-7-3-9(8)5-10(11)4-7/h7-10H,1-6H2/t7-,8?,9+,10-/m0/s1. The Bertz CT molecular complexity index is 219. The smallest absolute Gasteiger partial charge is 0.136 e. The first-order valence-corrected chi connectivity index (χ1v) is 5.35. The Kier molecular flexibility index (Phi) is 1.38. The van der Waals surface area contributed by atoms with Gasteiger partial charge < -0.3 is 0 Å². The molecule has 0 N–H and O–H groups in total. The van der Waals surface area contributed by atoms with Gasteiger partial charge in [0, 0.05) is 12.3 Å². The van der Waals surface area contributed by atoms with Gasteiger partial charge in [-0.1, -0.05) is 6.42 Å². The van der Waals surface area contributed by atoms with E-state index in [4.69, 9.17) is 0 Å². The zero-order valence-electron chi connectivity index (χ0n) is 7.46. The summed E-state index contributed by atoms with van der Waals surface area (Å²) in [7, 11) is 0. The molecule has 3 bridgehead atoms. The van der Waals surface area contributed by atoms with E-state index in [-0.39, 0.29) is 0 Å². The second kappa shape index (κ2) is 2.34. The average molecular weight is 164 g/mol. The lowest BCUT2D eigenvalue weighted by Crippen LogP contribution is -2.42. The van der Waals surface area contributed by atoms with Crippen molar-refractivity contribution >= 4 is 5.78 Å². The molecule has 0 radical (unpaired) electrons. The van der Waals surface area contributed by atoms with Crippen LogP contribution in [0.5, 0.6) is 0 Å². The summed E-state index contributed by atoms with van der Waals surface area (Å²) in [6, 6.07) is 0. The van der Waals surface area contributed by atoms with Gasteiger partial charge in [-0.25, -0.2) is 0 Å². The largest absolute Gasteiger partial charge is 0.299 e. The quantitative estimate of drug-likeness (QED) is 0.537. The molecule has 1 nitrogen and oxygen atoms in total. The molecule has 0 spiro atoms. The van der Waals surface area contributed by atoms with Gasteiger partial charge in [-0.3, -0.25) is 4.79 Å². The summed E-state index contributed by atoms with van der Waals surface area (Å²) in [5.41, 5.74) is 0. The monoisotopic (exact) mass is 164 g/mol. The number of carbonyl (C=O) groups excluding carboxylic acids is 1. The van der Waals surface area contributed by atoms with Crippen LogP contribution in [0.1, 0.15) is 38.5 Å². The Labute approximate surface area is 73.5 Å². The van der Waals surface area contributed by atoms with Crippen LogP contribution in [0.2, 0.25) is 0 Å². The third-order valence-corrected chi connectivity index (χ3v) is 4.37. The van der Waals surface area contributed by atoms with E-state index in [0.29, 0.717) is 11.7 Å². The van der Waals surface area contributed by atoms with E-state index < -0.39 is 0 Å². The van der Waals surface area contributed by atoms with Crippen LogP contribution in [-0.4, -0.2) is 5.78 Å². The molecule has 0 aromatic heterocycles. The fourth-order valence-corrected chi connectivity index (χ4v) is 3.75. The normalized spacial score (nSPS) is 51.2. The van der Waals surface area contributed by atoms with Crippen LogP contribution in [0.25, 0.3) is 0 Å². The van der Waals surface area contributed by atoms with Gasteiger partial charge in [-0.2, -0.15) is 0 Å². The second-order valence-corrected chi connectivity index (χ2v) is 5.04. The number of hydrogen-bond donors (Lipinski definition) is 0. The van der Waals surface area contributed by atoms with E-state index in [2.05, 4.69) is 0 Å². The third-order valence-electron chi connectivity index (χ3n) is 4.37. The van der Waals surface area contributed by atoms with Crippen molar-refractivity contribution in [1.82, 2.24) is 0 Å². The maximum Gasteiger partial charge on any atom is 0.136 e. The van der Waals surface area contributed by atoms with Crippen molar-refractivity contribution in [2.45, 2.75) is 38.5 Å². The number of carbonyl (C=O) groups is 1. The molecule has 0 aliphatic heterocycles. The molecule has 0 amide bonds. The molecule has 1 unspecified atom stereocenters. The topological polar surface area (TPSA) is 17.1 Å². The highest BCUT2D eigenvalue weighted by atomic mass is 16.1. The fraction of sp³-hybridized carbons (Fsp3) is 0.909. The van der Waals surface area contributed by atoms with Gasteiger partial charge in [0.2, 0.25) is 0 Å². The van der Waals surface area contributed by atoms with E-state index in [9.17, 15) is 4.79 Å². The van der Waals surface area contributed by atoms with Crippen LogP contribution in [0.3, 0.4) is 0 Å². The number of hydrogen-bond acceptors (Lipinski definition) is 1. The van der Waals surface area contributed by atoms with Gasteiger partial charge in [0.05, 0.1) is 0 Å². The highest BCUT2D eigenvalue weighted by Crippen LogP contribution is 2.50. The van der Waals surface area contributed by atoms with Crippen LogP contribution in [0.15, 0.2) is 0 Å². The molecule has 0 heterocycles. The van der Waals surface area contributed by atoms with Crippen LogP contribution >= 0.6 is 0 Å². The number of Topliss-reactive ketones (excluding diaryl/α,β-unsaturated/α-hetero) is 1. The van der Waals surface area contributed by atoms with E-state index in [0.717, 1.165) is 24.2 Å². The molecule has 0 saturated heterocycles. The third kappa shape index (κ3) is 0.884. The molecular weight excluding hydrogens is 148 g/mol. The summed E-state index contributed by atoms with van der Waals surface area (Å²) >= 11 is 0. The number of fused-ring (bicyclic) bond motifs is 2. The maximum absolute atomic E-state index is 11.6.